The first-order valence-corrected chi connectivity index (χ1v) is 8.72. The summed E-state index contributed by atoms with van der Waals surface area (Å²) in [6.07, 6.45) is -0.196. The third-order valence-electron chi connectivity index (χ3n) is 4.36. The van der Waals surface area contributed by atoms with Gasteiger partial charge in [0.15, 0.2) is 0 Å². The first-order valence-electron chi connectivity index (χ1n) is 8.72. The smallest absolute Gasteiger partial charge is 0.314 e. The van der Waals surface area contributed by atoms with E-state index >= 15 is 0 Å². The molecule has 2 aromatic rings. The van der Waals surface area contributed by atoms with Gasteiger partial charge in [-0.2, -0.15) is 0 Å². The Morgan fingerprint density at radius 1 is 0.926 bits per heavy atom. The maximum atomic E-state index is 12.4. The van der Waals surface area contributed by atoms with Crippen LogP contribution in [0.5, 0.6) is 0 Å². The summed E-state index contributed by atoms with van der Waals surface area (Å²) in [6, 6.07) is 15.4. The van der Waals surface area contributed by atoms with Gasteiger partial charge < -0.3 is 15.7 Å². The number of aliphatic carboxylic acids is 1. The zero-order valence-corrected chi connectivity index (χ0v) is 15.7. The normalized spacial score (nSPS) is 12.9. The molecule has 2 aromatic carbocycles. The van der Waals surface area contributed by atoms with E-state index in [0.717, 1.165) is 0 Å². The minimum Gasteiger partial charge on any atom is -0.481 e. The number of benzene rings is 2. The van der Waals surface area contributed by atoms with Crippen molar-refractivity contribution in [3.63, 3.8) is 0 Å². The van der Waals surface area contributed by atoms with Crippen molar-refractivity contribution in [2.45, 2.75) is 32.6 Å². The van der Waals surface area contributed by atoms with Gasteiger partial charge in [-0.3, -0.25) is 14.4 Å². The second-order valence-corrected chi connectivity index (χ2v) is 6.95. The van der Waals surface area contributed by atoms with Crippen LogP contribution in [0, 0.1) is 5.92 Å². The van der Waals surface area contributed by atoms with Gasteiger partial charge in [0.2, 0.25) is 11.8 Å². The van der Waals surface area contributed by atoms with Crippen molar-refractivity contribution in [3.8, 4) is 0 Å². The van der Waals surface area contributed by atoms with Crippen LogP contribution in [0.2, 0.25) is 0 Å². The summed E-state index contributed by atoms with van der Waals surface area (Å²) in [4.78, 5) is 35.9. The molecule has 2 rings (SSSR count). The highest BCUT2D eigenvalue weighted by Crippen LogP contribution is 2.28. The van der Waals surface area contributed by atoms with Gasteiger partial charge in [-0.25, -0.2) is 0 Å². The van der Waals surface area contributed by atoms with Crippen LogP contribution in [-0.4, -0.2) is 22.9 Å². The number of amides is 2. The molecule has 0 aromatic heterocycles. The standard InChI is InChI=1S/C21H24N2O4/c1-14(2)19(25)23-17-11-9-16(10-12-17)22-18(24)13-21(3,20(26)27)15-7-5-4-6-8-15/h4-12,14H,13H2,1-3H3,(H,22,24)(H,23,25)(H,26,27)/t21-/m0/s1. The van der Waals surface area contributed by atoms with Crippen molar-refractivity contribution in [3.05, 3.63) is 60.2 Å². The summed E-state index contributed by atoms with van der Waals surface area (Å²) < 4.78 is 0. The summed E-state index contributed by atoms with van der Waals surface area (Å²) in [5.74, 6) is -1.68. The molecule has 0 radical (unpaired) electrons. The summed E-state index contributed by atoms with van der Waals surface area (Å²) in [6.45, 7) is 5.14. The Balaban J connectivity index is 2.06. The fourth-order valence-corrected chi connectivity index (χ4v) is 2.56. The minimum atomic E-state index is -1.32. The molecule has 0 bridgehead atoms. The van der Waals surface area contributed by atoms with E-state index in [1.165, 1.54) is 6.92 Å². The topological polar surface area (TPSA) is 95.5 Å². The van der Waals surface area contributed by atoms with Crippen LogP contribution in [0.15, 0.2) is 54.6 Å². The molecular formula is C21H24N2O4. The fourth-order valence-electron chi connectivity index (χ4n) is 2.56. The molecule has 6 heteroatoms. The molecule has 0 unspecified atom stereocenters. The Hall–Kier alpha value is -3.15. The number of carboxylic acid groups (broad SMARTS) is 1. The van der Waals surface area contributed by atoms with E-state index in [1.54, 1.807) is 68.4 Å². The molecule has 6 nitrogen and oxygen atoms in total. The molecule has 0 saturated carbocycles. The lowest BCUT2D eigenvalue weighted by atomic mass is 9.79. The summed E-state index contributed by atoms with van der Waals surface area (Å²) in [5, 5.41) is 15.1. The molecule has 0 aliphatic heterocycles. The molecule has 3 N–H and O–H groups in total. The van der Waals surface area contributed by atoms with Gasteiger partial charge in [-0.05, 0) is 36.8 Å². The van der Waals surface area contributed by atoms with Crippen LogP contribution in [0.3, 0.4) is 0 Å². The molecule has 0 aliphatic carbocycles. The van der Waals surface area contributed by atoms with Crippen LogP contribution in [-0.2, 0) is 19.8 Å². The summed E-state index contributed by atoms with van der Waals surface area (Å²) in [7, 11) is 0. The number of anilines is 2. The van der Waals surface area contributed by atoms with Crippen LogP contribution in [0.25, 0.3) is 0 Å². The lowest BCUT2D eigenvalue weighted by Gasteiger charge is -2.24. The van der Waals surface area contributed by atoms with Gasteiger partial charge >= 0.3 is 5.97 Å². The largest absolute Gasteiger partial charge is 0.481 e. The molecule has 0 fully saturated rings. The van der Waals surface area contributed by atoms with E-state index < -0.39 is 17.3 Å². The van der Waals surface area contributed by atoms with Gasteiger partial charge in [0.1, 0.15) is 0 Å². The molecule has 0 heterocycles. The van der Waals surface area contributed by atoms with Crippen LogP contribution in [0.4, 0.5) is 11.4 Å². The molecule has 27 heavy (non-hydrogen) atoms. The maximum Gasteiger partial charge on any atom is 0.314 e. The third kappa shape index (κ3) is 5.17. The molecule has 142 valence electrons. The third-order valence-corrected chi connectivity index (χ3v) is 4.36. The lowest BCUT2D eigenvalue weighted by molar-refractivity contribution is -0.145. The van der Waals surface area contributed by atoms with Crippen LogP contribution < -0.4 is 10.6 Å². The number of carbonyl (C=O) groups is 3. The van der Waals surface area contributed by atoms with E-state index in [4.69, 9.17) is 0 Å². The Morgan fingerprint density at radius 3 is 1.93 bits per heavy atom. The quantitative estimate of drug-likeness (QED) is 0.695. The van der Waals surface area contributed by atoms with Crippen molar-refractivity contribution in [1.82, 2.24) is 0 Å². The zero-order chi connectivity index (χ0) is 20.0. The Morgan fingerprint density at radius 2 is 1.44 bits per heavy atom. The predicted molar refractivity (Wildman–Crippen MR) is 105 cm³/mol. The van der Waals surface area contributed by atoms with E-state index in [2.05, 4.69) is 10.6 Å². The first-order chi connectivity index (χ1) is 12.7. The SMILES string of the molecule is CC(C)C(=O)Nc1ccc(NC(=O)C[C@](C)(C(=O)O)c2ccccc2)cc1. The number of hydrogen-bond acceptors (Lipinski definition) is 3. The highest BCUT2D eigenvalue weighted by Gasteiger charge is 2.37. The lowest BCUT2D eigenvalue weighted by Crippen LogP contribution is -2.36. The maximum absolute atomic E-state index is 12.4. The van der Waals surface area contributed by atoms with E-state index in [1.807, 2.05) is 0 Å². The van der Waals surface area contributed by atoms with Gasteiger partial charge in [-0.15, -0.1) is 0 Å². The van der Waals surface area contributed by atoms with E-state index in [9.17, 15) is 19.5 Å². The average molecular weight is 368 g/mol. The minimum absolute atomic E-state index is 0.0909. The highest BCUT2D eigenvalue weighted by molar-refractivity contribution is 5.97. The molecular weight excluding hydrogens is 344 g/mol. The summed E-state index contributed by atoms with van der Waals surface area (Å²) >= 11 is 0. The van der Waals surface area contributed by atoms with Crippen molar-refractivity contribution >= 4 is 29.2 Å². The van der Waals surface area contributed by atoms with Crippen molar-refractivity contribution in [2.24, 2.45) is 5.92 Å². The monoisotopic (exact) mass is 368 g/mol. The zero-order valence-electron chi connectivity index (χ0n) is 15.7. The number of hydrogen-bond donors (Lipinski definition) is 3. The number of carboxylic acids is 1. The van der Waals surface area contributed by atoms with Crippen LogP contribution in [0.1, 0.15) is 32.8 Å². The highest BCUT2D eigenvalue weighted by atomic mass is 16.4. The van der Waals surface area contributed by atoms with E-state index in [0.29, 0.717) is 16.9 Å². The second kappa shape index (κ2) is 8.49. The van der Waals surface area contributed by atoms with E-state index in [-0.39, 0.29) is 18.2 Å². The van der Waals surface area contributed by atoms with Gasteiger partial charge in [0.05, 0.1) is 5.41 Å². The molecule has 0 spiro atoms. The molecule has 0 saturated heterocycles. The Bertz CT molecular complexity index is 816. The van der Waals surface area contributed by atoms with Gasteiger partial charge in [0, 0.05) is 23.7 Å². The Kier molecular flexibility index (Phi) is 6.34. The van der Waals surface area contributed by atoms with Gasteiger partial charge in [-0.1, -0.05) is 44.2 Å². The number of nitrogens with one attached hydrogen (secondary N) is 2. The molecule has 1 atom stereocenters. The van der Waals surface area contributed by atoms with Gasteiger partial charge in [0.25, 0.3) is 0 Å². The van der Waals surface area contributed by atoms with Crippen LogP contribution >= 0.6 is 0 Å². The van der Waals surface area contributed by atoms with Crippen molar-refractivity contribution in [1.29, 1.82) is 0 Å². The van der Waals surface area contributed by atoms with Crippen molar-refractivity contribution < 1.29 is 19.5 Å². The predicted octanol–water partition coefficient (Wildman–Crippen LogP) is 3.65. The number of rotatable bonds is 7. The fraction of sp³-hybridized carbons (Fsp3) is 0.286. The first kappa shape index (κ1) is 20.2. The van der Waals surface area contributed by atoms with Crippen molar-refractivity contribution in [2.75, 3.05) is 10.6 Å². The molecule has 2 amide bonds. The average Bonchev–Trinajstić information content (AvgIpc) is 2.63. The summed E-state index contributed by atoms with van der Waals surface area (Å²) in [5.41, 5.74) is 0.408. The second-order valence-electron chi connectivity index (χ2n) is 6.95. The Labute approximate surface area is 158 Å². The molecule has 0 aliphatic rings. The number of carbonyl (C=O) groups excluding carboxylic acids is 2.